The van der Waals surface area contributed by atoms with Gasteiger partial charge in [0.1, 0.15) is 17.2 Å². The summed E-state index contributed by atoms with van der Waals surface area (Å²) in [7, 11) is 0. The molecule has 2 N–H and O–H groups in total. The smallest absolute Gasteiger partial charge is 0.261 e. The Morgan fingerprint density at radius 1 is 0.913 bits per heavy atom. The highest BCUT2D eigenvalue weighted by Crippen LogP contribution is 2.19. The van der Waals surface area contributed by atoms with Crippen molar-refractivity contribution in [3.8, 4) is 0 Å². The van der Waals surface area contributed by atoms with Crippen LogP contribution < -0.4 is 10.6 Å². The second-order valence-electron chi connectivity index (χ2n) is 5.22. The van der Waals surface area contributed by atoms with Crippen molar-refractivity contribution in [1.29, 1.82) is 0 Å². The zero-order valence-corrected chi connectivity index (χ0v) is 12.7. The summed E-state index contributed by atoms with van der Waals surface area (Å²) in [6.45, 7) is 3.60. The Hall–Kier alpha value is -2.76. The molecular weight excluding hydrogens is 302 g/mol. The van der Waals surface area contributed by atoms with Gasteiger partial charge in [0.2, 0.25) is 0 Å². The zero-order chi connectivity index (χ0) is 17.0. The molecule has 0 atom stereocenters. The highest BCUT2D eigenvalue weighted by atomic mass is 19.1. The van der Waals surface area contributed by atoms with Crippen molar-refractivity contribution in [3.05, 3.63) is 65.2 Å². The molecule has 2 aromatic carbocycles. The molecule has 0 aliphatic carbocycles. The lowest BCUT2D eigenvalue weighted by Crippen LogP contribution is -2.31. The van der Waals surface area contributed by atoms with E-state index < -0.39 is 23.1 Å². The molecule has 2 aromatic rings. The Bertz CT molecular complexity index is 725. The minimum absolute atomic E-state index is 0.0877. The second kappa shape index (κ2) is 7.00. The first-order valence-electron chi connectivity index (χ1n) is 7.05. The van der Waals surface area contributed by atoms with E-state index in [-0.39, 0.29) is 23.2 Å². The first kappa shape index (κ1) is 16.6. The molecular formula is C17H16F2N2O2. The molecule has 4 nitrogen and oxygen atoms in total. The molecule has 0 spiro atoms. The van der Waals surface area contributed by atoms with Gasteiger partial charge in [0.25, 0.3) is 11.8 Å². The van der Waals surface area contributed by atoms with Crippen molar-refractivity contribution < 1.29 is 18.4 Å². The summed E-state index contributed by atoms with van der Waals surface area (Å²) < 4.78 is 27.3. The van der Waals surface area contributed by atoms with E-state index in [1.807, 2.05) is 0 Å². The maximum atomic E-state index is 13.7. The van der Waals surface area contributed by atoms with E-state index in [0.29, 0.717) is 0 Å². The van der Waals surface area contributed by atoms with Gasteiger partial charge in [-0.25, -0.2) is 8.78 Å². The summed E-state index contributed by atoms with van der Waals surface area (Å²) in [6.07, 6.45) is 0. The molecule has 120 valence electrons. The maximum Gasteiger partial charge on any atom is 0.261 e. The quantitative estimate of drug-likeness (QED) is 0.908. The van der Waals surface area contributed by atoms with Crippen LogP contribution in [0.3, 0.4) is 0 Å². The van der Waals surface area contributed by atoms with E-state index in [2.05, 4.69) is 10.6 Å². The lowest BCUT2D eigenvalue weighted by molar-refractivity contribution is 0.0944. The highest BCUT2D eigenvalue weighted by Gasteiger charge is 2.19. The van der Waals surface area contributed by atoms with E-state index in [0.717, 1.165) is 12.1 Å². The molecule has 0 unspecified atom stereocenters. The fourth-order valence-electron chi connectivity index (χ4n) is 2.03. The van der Waals surface area contributed by atoms with Gasteiger partial charge in [-0.3, -0.25) is 9.59 Å². The van der Waals surface area contributed by atoms with Crippen LogP contribution in [-0.2, 0) is 0 Å². The Morgan fingerprint density at radius 3 is 2.13 bits per heavy atom. The Labute approximate surface area is 132 Å². The molecule has 0 saturated carbocycles. The summed E-state index contributed by atoms with van der Waals surface area (Å²) in [6, 6.07) is 9.33. The van der Waals surface area contributed by atoms with Gasteiger partial charge in [-0.2, -0.15) is 0 Å². The van der Waals surface area contributed by atoms with Crippen molar-refractivity contribution in [3.63, 3.8) is 0 Å². The number of hydrogen-bond acceptors (Lipinski definition) is 2. The number of anilines is 1. The van der Waals surface area contributed by atoms with E-state index in [1.165, 1.54) is 18.2 Å². The molecule has 23 heavy (non-hydrogen) atoms. The van der Waals surface area contributed by atoms with Crippen molar-refractivity contribution >= 4 is 17.5 Å². The first-order valence-corrected chi connectivity index (χ1v) is 7.05. The predicted molar refractivity (Wildman–Crippen MR) is 83.4 cm³/mol. The zero-order valence-electron chi connectivity index (χ0n) is 12.7. The molecule has 0 saturated heterocycles. The van der Waals surface area contributed by atoms with Gasteiger partial charge in [-0.15, -0.1) is 0 Å². The van der Waals surface area contributed by atoms with Crippen LogP contribution in [0.15, 0.2) is 42.5 Å². The number of para-hydroxylation sites is 1. The molecule has 2 amide bonds. The van der Waals surface area contributed by atoms with Gasteiger partial charge in [0.15, 0.2) is 0 Å². The molecule has 0 aliphatic heterocycles. The number of benzene rings is 2. The number of halogens is 2. The van der Waals surface area contributed by atoms with E-state index in [4.69, 9.17) is 0 Å². The monoisotopic (exact) mass is 318 g/mol. The number of hydrogen-bond donors (Lipinski definition) is 2. The van der Waals surface area contributed by atoms with E-state index in [1.54, 1.807) is 26.0 Å². The van der Waals surface area contributed by atoms with Crippen LogP contribution in [0.4, 0.5) is 14.5 Å². The third kappa shape index (κ3) is 3.91. The highest BCUT2D eigenvalue weighted by molar-refractivity contribution is 6.09. The Kier molecular flexibility index (Phi) is 5.05. The number of amides is 2. The summed E-state index contributed by atoms with van der Waals surface area (Å²) in [5, 5.41) is 5.08. The molecule has 0 aliphatic rings. The van der Waals surface area contributed by atoms with Gasteiger partial charge in [0.05, 0.1) is 11.3 Å². The third-order valence-corrected chi connectivity index (χ3v) is 3.03. The molecule has 6 heteroatoms. The van der Waals surface area contributed by atoms with E-state index in [9.17, 15) is 18.4 Å². The topological polar surface area (TPSA) is 58.2 Å². The van der Waals surface area contributed by atoms with Crippen LogP contribution in [0, 0.1) is 11.6 Å². The first-order chi connectivity index (χ1) is 10.9. The van der Waals surface area contributed by atoms with Crippen LogP contribution in [0.25, 0.3) is 0 Å². The van der Waals surface area contributed by atoms with Crippen LogP contribution in [0.2, 0.25) is 0 Å². The summed E-state index contributed by atoms with van der Waals surface area (Å²) in [5.74, 6) is -3.27. The molecule has 0 radical (unpaired) electrons. The third-order valence-electron chi connectivity index (χ3n) is 3.03. The summed E-state index contributed by atoms with van der Waals surface area (Å²) in [4.78, 5) is 24.2. The van der Waals surface area contributed by atoms with Gasteiger partial charge in [-0.1, -0.05) is 18.2 Å². The largest absolute Gasteiger partial charge is 0.350 e. The normalized spacial score (nSPS) is 10.5. The van der Waals surface area contributed by atoms with Gasteiger partial charge in [-0.05, 0) is 38.1 Å². The molecule has 2 rings (SSSR count). The Balaban J connectivity index is 2.30. The molecule has 0 heterocycles. The molecule has 0 fully saturated rings. The molecule has 0 bridgehead atoms. The van der Waals surface area contributed by atoms with E-state index >= 15 is 0 Å². The minimum atomic E-state index is -0.966. The van der Waals surface area contributed by atoms with Crippen molar-refractivity contribution in [1.82, 2.24) is 5.32 Å². The van der Waals surface area contributed by atoms with Crippen LogP contribution in [0.5, 0.6) is 0 Å². The summed E-state index contributed by atoms with van der Waals surface area (Å²) in [5.41, 5.74) is -0.295. The summed E-state index contributed by atoms with van der Waals surface area (Å²) >= 11 is 0. The van der Waals surface area contributed by atoms with Crippen molar-refractivity contribution in [2.45, 2.75) is 19.9 Å². The van der Waals surface area contributed by atoms with Crippen molar-refractivity contribution in [2.75, 3.05) is 5.32 Å². The number of carbonyl (C=O) groups is 2. The number of rotatable bonds is 4. The predicted octanol–water partition coefficient (Wildman–Crippen LogP) is 3.36. The standard InChI is InChI=1S/C17H16F2N2O2/c1-10(2)20-16(22)11-6-3-4-9-14(11)21-17(23)15-12(18)7-5-8-13(15)19/h3-10H,1-2H3,(H,20,22)(H,21,23). The van der Waals surface area contributed by atoms with Crippen LogP contribution >= 0.6 is 0 Å². The molecule has 0 aromatic heterocycles. The van der Waals surface area contributed by atoms with Crippen LogP contribution in [-0.4, -0.2) is 17.9 Å². The fourth-order valence-corrected chi connectivity index (χ4v) is 2.03. The SMILES string of the molecule is CC(C)NC(=O)c1ccccc1NC(=O)c1c(F)cccc1F. The Morgan fingerprint density at radius 2 is 1.52 bits per heavy atom. The van der Waals surface area contributed by atoms with Crippen molar-refractivity contribution in [2.24, 2.45) is 0 Å². The van der Waals surface area contributed by atoms with Gasteiger partial charge >= 0.3 is 0 Å². The number of carbonyl (C=O) groups excluding carboxylic acids is 2. The van der Waals surface area contributed by atoms with Crippen LogP contribution in [0.1, 0.15) is 34.6 Å². The van der Waals surface area contributed by atoms with Gasteiger partial charge < -0.3 is 10.6 Å². The lowest BCUT2D eigenvalue weighted by atomic mass is 10.1. The maximum absolute atomic E-state index is 13.7. The lowest BCUT2D eigenvalue weighted by Gasteiger charge is -2.13. The average Bonchev–Trinajstić information content (AvgIpc) is 2.46. The number of nitrogens with one attached hydrogen (secondary N) is 2. The van der Waals surface area contributed by atoms with Gasteiger partial charge in [0, 0.05) is 6.04 Å². The average molecular weight is 318 g/mol. The minimum Gasteiger partial charge on any atom is -0.350 e. The fraction of sp³-hybridized carbons (Fsp3) is 0.176. The second-order valence-corrected chi connectivity index (χ2v) is 5.22.